The molecule has 23 heavy (non-hydrogen) atoms. The van der Waals surface area contributed by atoms with Gasteiger partial charge in [0.25, 0.3) is 0 Å². The maximum atomic E-state index is 10.3. The van der Waals surface area contributed by atoms with Gasteiger partial charge in [0, 0.05) is 5.56 Å². The molecule has 1 aliphatic rings. The molecule has 1 aromatic rings. The Bertz CT molecular complexity index is 527. The van der Waals surface area contributed by atoms with E-state index in [1.54, 1.807) is 6.07 Å². The van der Waals surface area contributed by atoms with E-state index >= 15 is 0 Å². The van der Waals surface area contributed by atoms with E-state index in [2.05, 4.69) is 27.7 Å². The number of benzene rings is 1. The van der Waals surface area contributed by atoms with Crippen molar-refractivity contribution in [2.75, 3.05) is 0 Å². The second kappa shape index (κ2) is 7.15. The molecule has 0 radical (unpaired) electrons. The Hall–Kier alpha value is -1.18. The fourth-order valence-electron chi connectivity index (χ4n) is 3.27. The summed E-state index contributed by atoms with van der Waals surface area (Å²) in [5, 5.41) is 20.1. The Morgan fingerprint density at radius 3 is 2.39 bits per heavy atom. The van der Waals surface area contributed by atoms with Gasteiger partial charge in [-0.15, -0.1) is 0 Å². The molecule has 0 amide bonds. The van der Waals surface area contributed by atoms with Gasteiger partial charge in [-0.2, -0.15) is 0 Å². The monoisotopic (exact) mass is 318 g/mol. The summed E-state index contributed by atoms with van der Waals surface area (Å²) in [4.78, 5) is 0. The maximum absolute atomic E-state index is 10.3. The third-order valence-corrected chi connectivity index (χ3v) is 5.93. The van der Waals surface area contributed by atoms with Crippen molar-refractivity contribution in [2.24, 2.45) is 10.8 Å². The number of phenols is 2. The van der Waals surface area contributed by atoms with Gasteiger partial charge >= 0.3 is 0 Å². The van der Waals surface area contributed by atoms with E-state index in [1.165, 1.54) is 37.7 Å². The lowest BCUT2D eigenvalue weighted by Crippen LogP contribution is -2.10. The van der Waals surface area contributed by atoms with Crippen LogP contribution in [0.4, 0.5) is 0 Å². The minimum Gasteiger partial charge on any atom is -0.504 e. The van der Waals surface area contributed by atoms with Crippen LogP contribution < -0.4 is 0 Å². The van der Waals surface area contributed by atoms with Crippen molar-refractivity contribution >= 4 is 0 Å². The fourth-order valence-corrected chi connectivity index (χ4v) is 3.27. The highest BCUT2D eigenvalue weighted by atomic mass is 16.3. The van der Waals surface area contributed by atoms with Gasteiger partial charge in [0.2, 0.25) is 0 Å². The van der Waals surface area contributed by atoms with Crippen molar-refractivity contribution in [2.45, 2.75) is 85.5 Å². The predicted molar refractivity (Wildman–Crippen MR) is 97.1 cm³/mol. The van der Waals surface area contributed by atoms with Crippen LogP contribution in [0.1, 0.15) is 83.8 Å². The Balaban J connectivity index is 1.98. The highest BCUT2D eigenvalue weighted by molar-refractivity contribution is 5.49. The van der Waals surface area contributed by atoms with Crippen molar-refractivity contribution in [1.29, 1.82) is 0 Å². The molecule has 2 nitrogen and oxygen atoms in total. The van der Waals surface area contributed by atoms with Crippen LogP contribution in [0.2, 0.25) is 0 Å². The molecule has 0 saturated heterocycles. The van der Waals surface area contributed by atoms with Gasteiger partial charge in [-0.3, -0.25) is 0 Å². The van der Waals surface area contributed by atoms with Crippen LogP contribution in [0.25, 0.3) is 0 Å². The summed E-state index contributed by atoms with van der Waals surface area (Å²) in [6.07, 6.45) is 10.4. The lowest BCUT2D eigenvalue weighted by Gasteiger charge is -2.22. The number of hydrogen-bond donors (Lipinski definition) is 2. The molecule has 2 heteroatoms. The summed E-state index contributed by atoms with van der Waals surface area (Å²) in [5.41, 5.74) is 3.13. The quantitative estimate of drug-likeness (QED) is 0.550. The molecule has 2 N–H and O–H groups in total. The van der Waals surface area contributed by atoms with Crippen molar-refractivity contribution < 1.29 is 10.2 Å². The summed E-state index contributed by atoms with van der Waals surface area (Å²) in [7, 11) is 0. The molecule has 1 fully saturated rings. The van der Waals surface area contributed by atoms with Gasteiger partial charge in [0.1, 0.15) is 0 Å². The van der Waals surface area contributed by atoms with E-state index in [0.29, 0.717) is 10.8 Å². The molecule has 0 unspecified atom stereocenters. The molecule has 1 aromatic carbocycles. The lowest BCUT2D eigenvalue weighted by molar-refractivity contribution is 0.313. The summed E-state index contributed by atoms with van der Waals surface area (Å²) in [5.74, 6) is 0.133. The standard InChI is InChI=1S/C21H34O2/c1-5-20(2,3)12-6-8-16-10-11-18(22)19(23)17(16)9-7-13-21(4)14-15-21/h10-11,22-23H,5-9,12-15H2,1-4H3. The van der Waals surface area contributed by atoms with Crippen LogP contribution in [0.3, 0.4) is 0 Å². The summed E-state index contributed by atoms with van der Waals surface area (Å²) in [6.45, 7) is 9.23. The van der Waals surface area contributed by atoms with Gasteiger partial charge in [0.15, 0.2) is 11.5 Å². The third-order valence-electron chi connectivity index (χ3n) is 5.93. The Labute approximate surface area is 141 Å². The summed E-state index contributed by atoms with van der Waals surface area (Å²) >= 11 is 0. The highest BCUT2D eigenvalue weighted by Crippen LogP contribution is 2.49. The van der Waals surface area contributed by atoms with Gasteiger partial charge in [0.05, 0.1) is 0 Å². The molecule has 130 valence electrons. The lowest BCUT2D eigenvalue weighted by atomic mass is 9.83. The van der Waals surface area contributed by atoms with Gasteiger partial charge in [-0.1, -0.05) is 40.2 Å². The molecule has 0 heterocycles. The van der Waals surface area contributed by atoms with Crippen molar-refractivity contribution in [1.82, 2.24) is 0 Å². The van der Waals surface area contributed by atoms with Crippen LogP contribution in [-0.2, 0) is 12.8 Å². The number of hydrogen-bond acceptors (Lipinski definition) is 2. The average molecular weight is 319 g/mol. The number of aromatic hydroxyl groups is 2. The Morgan fingerprint density at radius 1 is 1.09 bits per heavy atom. The Kier molecular flexibility index (Phi) is 5.65. The summed E-state index contributed by atoms with van der Waals surface area (Å²) < 4.78 is 0. The smallest absolute Gasteiger partial charge is 0.160 e. The minimum absolute atomic E-state index is 0.0234. The zero-order chi connectivity index (χ0) is 17.1. The van der Waals surface area contributed by atoms with E-state index < -0.39 is 0 Å². The van der Waals surface area contributed by atoms with Crippen LogP contribution in [0, 0.1) is 10.8 Å². The maximum Gasteiger partial charge on any atom is 0.160 e. The van der Waals surface area contributed by atoms with Crippen LogP contribution in [-0.4, -0.2) is 10.2 Å². The van der Waals surface area contributed by atoms with E-state index in [-0.39, 0.29) is 11.5 Å². The van der Waals surface area contributed by atoms with Crippen LogP contribution in [0.15, 0.2) is 12.1 Å². The van der Waals surface area contributed by atoms with Crippen LogP contribution in [0.5, 0.6) is 11.5 Å². The molecular weight excluding hydrogens is 284 g/mol. The van der Waals surface area contributed by atoms with Gasteiger partial charge in [-0.05, 0) is 73.8 Å². The molecule has 2 rings (SSSR count). The minimum atomic E-state index is 0.0234. The number of rotatable bonds is 9. The average Bonchev–Trinajstić information content (AvgIpc) is 3.23. The molecule has 1 saturated carbocycles. The molecule has 1 aliphatic carbocycles. The zero-order valence-electron chi connectivity index (χ0n) is 15.4. The summed E-state index contributed by atoms with van der Waals surface area (Å²) in [6, 6.07) is 3.64. The highest BCUT2D eigenvalue weighted by Gasteiger charge is 2.36. The zero-order valence-corrected chi connectivity index (χ0v) is 15.4. The largest absolute Gasteiger partial charge is 0.504 e. The first-order valence-electron chi connectivity index (χ1n) is 9.29. The third kappa shape index (κ3) is 5.16. The Morgan fingerprint density at radius 2 is 1.78 bits per heavy atom. The van der Waals surface area contributed by atoms with Crippen molar-refractivity contribution in [3.05, 3.63) is 23.3 Å². The SMILES string of the molecule is CCC(C)(C)CCCc1ccc(O)c(O)c1CCCC1(C)CC1. The van der Waals surface area contributed by atoms with Crippen LogP contribution >= 0.6 is 0 Å². The van der Waals surface area contributed by atoms with Gasteiger partial charge < -0.3 is 10.2 Å². The number of phenolic OH excluding ortho intramolecular Hbond substituents is 2. The fraction of sp³-hybridized carbons (Fsp3) is 0.714. The second-order valence-electron chi connectivity index (χ2n) is 8.61. The predicted octanol–water partition coefficient (Wildman–Crippen LogP) is 5.98. The molecule has 0 aromatic heterocycles. The van der Waals surface area contributed by atoms with E-state index in [4.69, 9.17) is 0 Å². The first kappa shape index (κ1) is 18.2. The number of aryl methyl sites for hydroxylation is 1. The second-order valence-corrected chi connectivity index (χ2v) is 8.61. The molecule has 0 aliphatic heterocycles. The molecule has 0 spiro atoms. The topological polar surface area (TPSA) is 40.5 Å². The van der Waals surface area contributed by atoms with Crippen molar-refractivity contribution in [3.63, 3.8) is 0 Å². The molecular formula is C21H34O2. The van der Waals surface area contributed by atoms with E-state index in [9.17, 15) is 10.2 Å². The molecule has 0 atom stereocenters. The van der Waals surface area contributed by atoms with E-state index in [0.717, 1.165) is 31.2 Å². The van der Waals surface area contributed by atoms with E-state index in [1.807, 2.05) is 6.07 Å². The first-order valence-corrected chi connectivity index (χ1v) is 9.29. The molecule has 0 bridgehead atoms. The first-order chi connectivity index (χ1) is 10.8. The van der Waals surface area contributed by atoms with Crippen molar-refractivity contribution in [3.8, 4) is 11.5 Å². The van der Waals surface area contributed by atoms with Gasteiger partial charge in [-0.25, -0.2) is 0 Å². The normalized spacial score (nSPS) is 16.5.